The lowest BCUT2D eigenvalue weighted by Gasteiger charge is -2.29. The molecule has 2 aliphatic rings. The van der Waals surface area contributed by atoms with Crippen molar-refractivity contribution in [1.82, 2.24) is 10.2 Å². The van der Waals surface area contributed by atoms with Crippen LogP contribution >= 0.6 is 0 Å². The lowest BCUT2D eigenvalue weighted by molar-refractivity contribution is -0.123. The zero-order valence-corrected chi connectivity index (χ0v) is 17.2. The monoisotopic (exact) mass is 393 g/mol. The third-order valence-electron chi connectivity index (χ3n) is 5.47. The van der Waals surface area contributed by atoms with Crippen molar-refractivity contribution < 1.29 is 13.2 Å². The van der Waals surface area contributed by atoms with E-state index >= 15 is 0 Å². The number of carbonyl (C=O) groups excluding carboxylic acids is 1. The number of nitrogens with zero attached hydrogens (tertiary/aromatic N) is 2. The molecule has 0 unspecified atom stereocenters. The molecule has 2 fully saturated rings. The number of piperidine rings is 1. The Bertz CT molecular complexity index is 757. The summed E-state index contributed by atoms with van der Waals surface area (Å²) in [6.07, 6.45) is 4.34. The van der Waals surface area contributed by atoms with Crippen LogP contribution in [0.5, 0.6) is 0 Å². The first kappa shape index (κ1) is 20.1. The van der Waals surface area contributed by atoms with Crippen LogP contribution in [0, 0.1) is 0 Å². The Labute approximate surface area is 162 Å². The van der Waals surface area contributed by atoms with E-state index in [-0.39, 0.29) is 24.0 Å². The van der Waals surface area contributed by atoms with Gasteiger partial charge in [-0.15, -0.1) is 0 Å². The second-order valence-electron chi connectivity index (χ2n) is 8.34. The van der Waals surface area contributed by atoms with Crippen molar-refractivity contribution in [3.63, 3.8) is 0 Å². The van der Waals surface area contributed by atoms with Crippen LogP contribution in [0.1, 0.15) is 38.2 Å². The van der Waals surface area contributed by atoms with Gasteiger partial charge in [-0.3, -0.25) is 9.69 Å². The van der Waals surface area contributed by atoms with Crippen molar-refractivity contribution in [1.29, 1.82) is 0 Å². The molecule has 0 radical (unpaired) electrons. The summed E-state index contributed by atoms with van der Waals surface area (Å²) in [7, 11) is -1.11. The van der Waals surface area contributed by atoms with Crippen molar-refractivity contribution in [2.24, 2.45) is 0 Å². The number of hydrogen-bond acceptors (Lipinski definition) is 5. The zero-order valence-electron chi connectivity index (χ0n) is 16.4. The van der Waals surface area contributed by atoms with Crippen LogP contribution in [-0.2, 0) is 21.2 Å². The topological polar surface area (TPSA) is 69.7 Å². The largest absolute Gasteiger partial charge is 0.372 e. The van der Waals surface area contributed by atoms with Gasteiger partial charge < -0.3 is 10.2 Å². The third-order valence-corrected chi connectivity index (χ3v) is 7.37. The second kappa shape index (κ2) is 8.19. The fourth-order valence-electron chi connectivity index (χ4n) is 4.06. The van der Waals surface area contributed by atoms with E-state index in [9.17, 15) is 13.2 Å². The lowest BCUT2D eigenvalue weighted by Crippen LogP contribution is -2.49. The number of nitrogens with one attached hydrogen (secondary N) is 1. The summed E-state index contributed by atoms with van der Waals surface area (Å²) in [6, 6.07) is 8.59. The Morgan fingerprint density at radius 1 is 1.19 bits per heavy atom. The lowest BCUT2D eigenvalue weighted by atomic mass is 10.0. The van der Waals surface area contributed by atoms with Crippen LogP contribution in [-0.4, -0.2) is 63.0 Å². The number of carbonyl (C=O) groups is 1. The maximum absolute atomic E-state index is 12.3. The minimum absolute atomic E-state index is 0.0351. The molecule has 150 valence electrons. The van der Waals surface area contributed by atoms with E-state index in [1.807, 2.05) is 18.9 Å². The van der Waals surface area contributed by atoms with Crippen molar-refractivity contribution in [3.8, 4) is 0 Å². The summed E-state index contributed by atoms with van der Waals surface area (Å²) in [5, 5.41) is 2.91. The maximum Gasteiger partial charge on any atom is 0.234 e. The molecule has 0 aromatic heterocycles. The highest BCUT2D eigenvalue weighted by molar-refractivity contribution is 7.91. The number of sulfone groups is 1. The molecule has 0 saturated carbocycles. The molecule has 1 amide bonds. The van der Waals surface area contributed by atoms with Gasteiger partial charge in [0.2, 0.25) is 5.91 Å². The first-order chi connectivity index (χ1) is 12.7. The van der Waals surface area contributed by atoms with E-state index in [1.165, 1.54) is 30.5 Å². The molecule has 1 aromatic carbocycles. The fourth-order valence-corrected chi connectivity index (χ4v) is 6.16. The highest BCUT2D eigenvalue weighted by Crippen LogP contribution is 2.23. The Kier molecular flexibility index (Phi) is 6.11. The van der Waals surface area contributed by atoms with E-state index in [1.54, 1.807) is 0 Å². The minimum atomic E-state index is -3.02. The highest BCUT2D eigenvalue weighted by atomic mass is 32.2. The van der Waals surface area contributed by atoms with Gasteiger partial charge in [0.15, 0.2) is 9.84 Å². The maximum atomic E-state index is 12.3. The molecule has 0 spiro atoms. The van der Waals surface area contributed by atoms with Gasteiger partial charge >= 0.3 is 0 Å². The van der Waals surface area contributed by atoms with Gasteiger partial charge in [-0.05, 0) is 57.4 Å². The summed E-state index contributed by atoms with van der Waals surface area (Å²) in [5.74, 6) is 0.0678. The third kappa shape index (κ3) is 5.69. The Balaban J connectivity index is 1.48. The number of hydrogen-bond donors (Lipinski definition) is 1. The number of likely N-dealkylation sites (N-methyl/N-ethyl adjacent to an activating group) is 1. The molecular weight excluding hydrogens is 362 g/mol. The molecule has 0 aliphatic carbocycles. The van der Waals surface area contributed by atoms with Gasteiger partial charge in [-0.1, -0.05) is 12.1 Å². The zero-order chi connectivity index (χ0) is 19.5. The smallest absolute Gasteiger partial charge is 0.234 e. The van der Waals surface area contributed by atoms with Gasteiger partial charge in [0, 0.05) is 25.3 Å². The molecule has 7 heteroatoms. The van der Waals surface area contributed by atoms with Gasteiger partial charge in [-0.25, -0.2) is 8.42 Å². The predicted octanol–water partition coefficient (Wildman–Crippen LogP) is 1.80. The molecule has 27 heavy (non-hydrogen) atoms. The molecule has 3 rings (SSSR count). The van der Waals surface area contributed by atoms with Crippen LogP contribution in [0.3, 0.4) is 0 Å². The summed E-state index contributed by atoms with van der Waals surface area (Å²) < 4.78 is 23.3. The van der Waals surface area contributed by atoms with Crippen LogP contribution in [0.15, 0.2) is 24.3 Å². The number of benzene rings is 1. The summed E-state index contributed by atoms with van der Waals surface area (Å²) in [5.41, 5.74) is 1.81. The molecule has 2 aliphatic heterocycles. The Morgan fingerprint density at radius 3 is 2.44 bits per heavy atom. The van der Waals surface area contributed by atoms with Crippen LogP contribution < -0.4 is 10.2 Å². The molecule has 2 saturated heterocycles. The number of amides is 1. The summed E-state index contributed by atoms with van der Waals surface area (Å²) >= 11 is 0. The standard InChI is InChI=1S/C20H31N3O3S/c1-20(10-13-27(25,26)16-20)21-19(24)15-22(2)14-17-6-8-18(9-7-17)23-11-4-3-5-12-23/h6-9H,3-5,10-16H2,1-2H3,(H,21,24)/t20-/m1/s1. The van der Waals surface area contributed by atoms with Crippen molar-refractivity contribution >= 4 is 21.4 Å². The second-order valence-corrected chi connectivity index (χ2v) is 10.5. The molecule has 6 nitrogen and oxygen atoms in total. The molecule has 0 bridgehead atoms. The van der Waals surface area contributed by atoms with Crippen molar-refractivity contribution in [3.05, 3.63) is 29.8 Å². The number of rotatable bonds is 6. The Morgan fingerprint density at radius 2 is 1.85 bits per heavy atom. The molecular formula is C20H31N3O3S. The first-order valence-electron chi connectivity index (χ1n) is 9.79. The van der Waals surface area contributed by atoms with E-state index in [0.29, 0.717) is 13.0 Å². The van der Waals surface area contributed by atoms with Crippen LogP contribution in [0.4, 0.5) is 5.69 Å². The van der Waals surface area contributed by atoms with Crippen molar-refractivity contribution in [2.45, 2.75) is 44.7 Å². The van der Waals surface area contributed by atoms with E-state index in [2.05, 4.69) is 34.5 Å². The van der Waals surface area contributed by atoms with E-state index in [0.717, 1.165) is 13.1 Å². The average Bonchev–Trinajstić information content (AvgIpc) is 2.88. The molecule has 2 heterocycles. The predicted molar refractivity (Wildman–Crippen MR) is 109 cm³/mol. The van der Waals surface area contributed by atoms with Gasteiger partial charge in [0.05, 0.1) is 23.6 Å². The van der Waals surface area contributed by atoms with Gasteiger partial charge in [-0.2, -0.15) is 0 Å². The van der Waals surface area contributed by atoms with Gasteiger partial charge in [0.1, 0.15) is 0 Å². The average molecular weight is 394 g/mol. The van der Waals surface area contributed by atoms with E-state index in [4.69, 9.17) is 0 Å². The van der Waals surface area contributed by atoms with Gasteiger partial charge in [0.25, 0.3) is 0 Å². The summed E-state index contributed by atoms with van der Waals surface area (Å²) in [6.45, 7) is 5.02. The minimum Gasteiger partial charge on any atom is -0.372 e. The van der Waals surface area contributed by atoms with Crippen molar-refractivity contribution in [2.75, 3.05) is 43.1 Å². The Hall–Kier alpha value is -1.60. The highest BCUT2D eigenvalue weighted by Gasteiger charge is 2.39. The molecule has 1 atom stereocenters. The first-order valence-corrected chi connectivity index (χ1v) is 11.6. The molecule has 1 aromatic rings. The van der Waals surface area contributed by atoms with Crippen LogP contribution in [0.2, 0.25) is 0 Å². The van der Waals surface area contributed by atoms with E-state index < -0.39 is 15.4 Å². The SMILES string of the molecule is CN(CC(=O)N[C@]1(C)CCS(=O)(=O)C1)Cc1ccc(N2CCCCC2)cc1. The number of anilines is 1. The van der Waals surface area contributed by atoms with Crippen LogP contribution in [0.25, 0.3) is 0 Å². The quantitative estimate of drug-likeness (QED) is 0.798. The summed E-state index contributed by atoms with van der Waals surface area (Å²) in [4.78, 5) is 16.7. The fraction of sp³-hybridized carbons (Fsp3) is 0.650. The molecule has 1 N–H and O–H groups in total. The normalized spacial score (nSPS) is 24.9.